The molecule has 2 aromatic carbocycles. The van der Waals surface area contributed by atoms with Crippen LogP contribution in [0.1, 0.15) is 25.5 Å². The largest absolute Gasteiger partial charge is 0.480 e. The van der Waals surface area contributed by atoms with Gasteiger partial charge in [-0.05, 0) is 19.2 Å². The van der Waals surface area contributed by atoms with E-state index in [-0.39, 0.29) is 6.04 Å². The topological polar surface area (TPSA) is 78.3 Å². The molecule has 19 heavy (non-hydrogen) atoms. The van der Waals surface area contributed by atoms with Gasteiger partial charge in [0.2, 0.25) is 0 Å². The molecule has 0 spiro atoms. The molecule has 0 bridgehead atoms. The lowest BCUT2D eigenvalue weighted by Crippen LogP contribution is -2.31. The van der Waals surface area contributed by atoms with Crippen molar-refractivity contribution >= 4 is 16.7 Å². The fourth-order valence-corrected chi connectivity index (χ4v) is 1.98. The van der Waals surface area contributed by atoms with Crippen molar-refractivity contribution in [2.45, 2.75) is 26.0 Å². The highest BCUT2D eigenvalue weighted by Crippen LogP contribution is 2.33. The Morgan fingerprint density at radius 1 is 1.16 bits per heavy atom. The van der Waals surface area contributed by atoms with E-state index >= 15 is 0 Å². The van der Waals surface area contributed by atoms with Crippen LogP contribution in [0, 0.1) is 0 Å². The molecule has 0 saturated carbocycles. The zero-order valence-electron chi connectivity index (χ0n) is 11.1. The van der Waals surface area contributed by atoms with Crippen LogP contribution in [-0.2, 0) is 4.79 Å². The number of carbonyl (C=O) groups excluding carboxylic acids is 1. The molecule has 2 atom stereocenters. The molecule has 4 N–H and O–H groups in total. The minimum Gasteiger partial charge on any atom is -0.480 e. The molecular formula is C15H18N2O2. The van der Waals surface area contributed by atoms with Crippen molar-refractivity contribution in [1.29, 1.82) is 0 Å². The van der Waals surface area contributed by atoms with Gasteiger partial charge in [0.1, 0.15) is 5.75 Å². The highest BCUT2D eigenvalue weighted by molar-refractivity contribution is 5.90. The summed E-state index contributed by atoms with van der Waals surface area (Å²) in [5.74, 6) is 0.142. The van der Waals surface area contributed by atoms with E-state index in [0.717, 1.165) is 16.3 Å². The molecule has 0 aliphatic rings. The number of hydrogen-bond donors (Lipinski definition) is 2. The van der Waals surface area contributed by atoms with Gasteiger partial charge < -0.3 is 16.2 Å². The smallest absolute Gasteiger partial charge is 0.258 e. The first-order valence-electron chi connectivity index (χ1n) is 6.24. The van der Waals surface area contributed by atoms with Crippen LogP contribution in [0.15, 0.2) is 36.4 Å². The van der Waals surface area contributed by atoms with E-state index < -0.39 is 12.0 Å². The molecular weight excluding hydrogens is 240 g/mol. The van der Waals surface area contributed by atoms with Gasteiger partial charge in [0, 0.05) is 17.0 Å². The van der Waals surface area contributed by atoms with Gasteiger partial charge in [0.05, 0.1) is 0 Å². The van der Waals surface area contributed by atoms with Crippen LogP contribution in [0.2, 0.25) is 0 Å². The Balaban J connectivity index is 2.59. The fraction of sp³-hybridized carbons (Fsp3) is 0.267. The summed E-state index contributed by atoms with van der Waals surface area (Å²) in [6.45, 7) is 3.51. The second kappa shape index (κ2) is 5.28. The maximum Gasteiger partial charge on any atom is 0.258 e. The van der Waals surface area contributed by atoms with Gasteiger partial charge in [0.25, 0.3) is 5.91 Å². The second-order valence-corrected chi connectivity index (χ2v) is 4.66. The number of amides is 1. The van der Waals surface area contributed by atoms with Crippen LogP contribution in [0.3, 0.4) is 0 Å². The summed E-state index contributed by atoms with van der Waals surface area (Å²) in [7, 11) is 0. The number of primary amides is 1. The zero-order valence-corrected chi connectivity index (χ0v) is 11.1. The molecule has 0 aromatic heterocycles. The maximum absolute atomic E-state index is 11.2. The van der Waals surface area contributed by atoms with E-state index in [9.17, 15) is 4.79 Å². The van der Waals surface area contributed by atoms with Gasteiger partial charge in [0.15, 0.2) is 6.10 Å². The van der Waals surface area contributed by atoms with Crippen LogP contribution in [-0.4, -0.2) is 12.0 Å². The summed E-state index contributed by atoms with van der Waals surface area (Å²) in [4.78, 5) is 11.2. The average Bonchev–Trinajstić information content (AvgIpc) is 2.38. The van der Waals surface area contributed by atoms with E-state index in [1.807, 2.05) is 43.3 Å². The van der Waals surface area contributed by atoms with Gasteiger partial charge in [-0.2, -0.15) is 0 Å². The first-order chi connectivity index (χ1) is 9.00. The van der Waals surface area contributed by atoms with Gasteiger partial charge in [-0.25, -0.2) is 0 Å². The normalized spacial score (nSPS) is 14.1. The van der Waals surface area contributed by atoms with E-state index in [4.69, 9.17) is 16.2 Å². The van der Waals surface area contributed by atoms with Crippen molar-refractivity contribution in [2.75, 3.05) is 0 Å². The summed E-state index contributed by atoms with van der Waals surface area (Å²) in [6, 6.07) is 11.6. The Morgan fingerprint density at radius 3 is 2.47 bits per heavy atom. The third-order valence-corrected chi connectivity index (χ3v) is 3.10. The van der Waals surface area contributed by atoms with Crippen molar-refractivity contribution in [3.63, 3.8) is 0 Å². The molecule has 0 saturated heterocycles. The van der Waals surface area contributed by atoms with Gasteiger partial charge >= 0.3 is 0 Å². The lowest BCUT2D eigenvalue weighted by Gasteiger charge is -2.19. The number of fused-ring (bicyclic) bond motifs is 1. The number of hydrogen-bond acceptors (Lipinski definition) is 3. The number of carbonyl (C=O) groups is 1. The molecule has 0 radical (unpaired) electrons. The molecule has 100 valence electrons. The molecule has 1 amide bonds. The lowest BCUT2D eigenvalue weighted by atomic mass is 10.0. The highest BCUT2D eigenvalue weighted by atomic mass is 16.5. The minimum absolute atomic E-state index is 0.181. The number of nitrogens with two attached hydrogens (primary N) is 2. The molecule has 2 aromatic rings. The monoisotopic (exact) mass is 258 g/mol. The predicted octanol–water partition coefficient (Wildman–Crippen LogP) is 2.11. The second-order valence-electron chi connectivity index (χ2n) is 4.66. The SMILES string of the molecule is CC(Oc1c([C@H](C)N)ccc2ccccc12)C(N)=O. The van der Waals surface area contributed by atoms with Gasteiger partial charge in [-0.3, -0.25) is 4.79 Å². The van der Waals surface area contributed by atoms with Crippen molar-refractivity contribution in [1.82, 2.24) is 0 Å². The Kier molecular flexibility index (Phi) is 3.71. The van der Waals surface area contributed by atoms with Crippen molar-refractivity contribution in [3.8, 4) is 5.75 Å². The Morgan fingerprint density at radius 2 is 1.84 bits per heavy atom. The standard InChI is InChI=1S/C15H18N2O2/c1-9(16)12-8-7-11-5-3-4-6-13(11)14(12)19-10(2)15(17)18/h3-10H,16H2,1-2H3,(H2,17,18)/t9-,10?/m0/s1. The van der Waals surface area contributed by atoms with Crippen LogP contribution in [0.25, 0.3) is 10.8 Å². The van der Waals surface area contributed by atoms with Crippen LogP contribution in [0.5, 0.6) is 5.75 Å². The highest BCUT2D eigenvalue weighted by Gasteiger charge is 2.17. The third kappa shape index (κ3) is 2.69. The lowest BCUT2D eigenvalue weighted by molar-refractivity contribution is -0.123. The van der Waals surface area contributed by atoms with E-state index in [0.29, 0.717) is 5.75 Å². The summed E-state index contributed by atoms with van der Waals surface area (Å²) in [5, 5.41) is 1.98. The van der Waals surface area contributed by atoms with E-state index in [2.05, 4.69) is 0 Å². The zero-order chi connectivity index (χ0) is 14.0. The van der Waals surface area contributed by atoms with Crippen molar-refractivity contribution < 1.29 is 9.53 Å². The van der Waals surface area contributed by atoms with Crippen LogP contribution >= 0.6 is 0 Å². The van der Waals surface area contributed by atoms with Crippen LogP contribution < -0.4 is 16.2 Å². The Hall–Kier alpha value is -2.07. The molecule has 0 heterocycles. The molecule has 4 nitrogen and oxygen atoms in total. The van der Waals surface area contributed by atoms with E-state index in [1.54, 1.807) is 6.92 Å². The molecule has 2 rings (SSSR count). The molecule has 1 unspecified atom stereocenters. The third-order valence-electron chi connectivity index (χ3n) is 3.10. The predicted molar refractivity (Wildman–Crippen MR) is 75.8 cm³/mol. The van der Waals surface area contributed by atoms with Gasteiger partial charge in [-0.1, -0.05) is 36.4 Å². The molecule has 0 aliphatic carbocycles. The number of rotatable bonds is 4. The molecule has 4 heteroatoms. The minimum atomic E-state index is -0.691. The summed E-state index contributed by atoms with van der Waals surface area (Å²) < 4.78 is 5.73. The van der Waals surface area contributed by atoms with Crippen molar-refractivity contribution in [3.05, 3.63) is 42.0 Å². The molecule has 0 aliphatic heterocycles. The Labute approximate surface area is 112 Å². The summed E-state index contributed by atoms with van der Waals surface area (Å²) in [6.07, 6.45) is -0.691. The summed E-state index contributed by atoms with van der Waals surface area (Å²) >= 11 is 0. The number of ether oxygens (including phenoxy) is 1. The Bertz CT molecular complexity index is 608. The summed E-state index contributed by atoms with van der Waals surface area (Å²) in [5.41, 5.74) is 12.1. The number of benzene rings is 2. The van der Waals surface area contributed by atoms with Gasteiger partial charge in [-0.15, -0.1) is 0 Å². The fourth-order valence-electron chi connectivity index (χ4n) is 1.98. The van der Waals surface area contributed by atoms with E-state index in [1.165, 1.54) is 0 Å². The molecule has 0 fully saturated rings. The van der Waals surface area contributed by atoms with Crippen LogP contribution in [0.4, 0.5) is 0 Å². The van der Waals surface area contributed by atoms with Crippen molar-refractivity contribution in [2.24, 2.45) is 11.5 Å². The first kappa shape index (κ1) is 13.4. The average molecular weight is 258 g/mol. The quantitative estimate of drug-likeness (QED) is 0.881. The maximum atomic E-state index is 11.2. The first-order valence-corrected chi connectivity index (χ1v) is 6.24.